The van der Waals surface area contributed by atoms with Gasteiger partial charge < -0.3 is 10.3 Å². The number of tetrazole rings is 1. The number of carbonyl (C=O) groups is 1. The lowest BCUT2D eigenvalue weighted by atomic mass is 10.1. The summed E-state index contributed by atoms with van der Waals surface area (Å²) < 4.78 is 1.52. The molecule has 134 valence electrons. The first kappa shape index (κ1) is 17.8. The number of H-pyrrole nitrogens is 1. The molecule has 0 radical (unpaired) electrons. The molecule has 2 N–H and O–H groups in total. The zero-order valence-corrected chi connectivity index (χ0v) is 15.0. The maximum Gasteiger partial charge on any atom is 0.251 e. The molecule has 3 aromatic rings. The Hall–Kier alpha value is -3.01. The number of amides is 1. The summed E-state index contributed by atoms with van der Waals surface area (Å²) in [4.78, 5) is 30.8. The number of nitrogens with one attached hydrogen (secondary N) is 2. The third-order valence-electron chi connectivity index (χ3n) is 3.44. The van der Waals surface area contributed by atoms with Crippen molar-refractivity contribution in [3.8, 4) is 5.69 Å². The molecule has 1 amide bonds. The Balaban J connectivity index is 1.58. The van der Waals surface area contributed by atoms with Crippen LogP contribution in [0.15, 0.2) is 46.6 Å². The predicted molar refractivity (Wildman–Crippen MR) is 97.5 cm³/mol. The van der Waals surface area contributed by atoms with Gasteiger partial charge >= 0.3 is 0 Å². The minimum absolute atomic E-state index is 0.138. The van der Waals surface area contributed by atoms with Gasteiger partial charge in [-0.25, -0.2) is 9.67 Å². The van der Waals surface area contributed by atoms with E-state index in [9.17, 15) is 9.59 Å². The van der Waals surface area contributed by atoms with Crippen molar-refractivity contribution in [2.75, 3.05) is 11.1 Å². The van der Waals surface area contributed by atoms with E-state index in [0.29, 0.717) is 16.5 Å². The zero-order chi connectivity index (χ0) is 18.5. The number of aromatic nitrogens is 6. The average Bonchev–Trinajstić information content (AvgIpc) is 3.15. The summed E-state index contributed by atoms with van der Waals surface area (Å²) in [6.07, 6.45) is 1.49. The Labute approximate surface area is 153 Å². The van der Waals surface area contributed by atoms with Crippen LogP contribution < -0.4 is 10.9 Å². The van der Waals surface area contributed by atoms with E-state index in [1.807, 2.05) is 13.8 Å². The van der Waals surface area contributed by atoms with Crippen LogP contribution in [0.1, 0.15) is 25.5 Å². The third-order valence-corrected chi connectivity index (χ3v) is 4.31. The van der Waals surface area contributed by atoms with Crippen molar-refractivity contribution in [1.82, 2.24) is 30.2 Å². The molecule has 0 aliphatic carbocycles. The molecule has 0 bridgehead atoms. The van der Waals surface area contributed by atoms with Crippen LogP contribution in [0.25, 0.3) is 5.69 Å². The van der Waals surface area contributed by atoms with E-state index in [0.717, 1.165) is 5.69 Å². The Morgan fingerprint density at radius 1 is 1.31 bits per heavy atom. The molecule has 0 aliphatic rings. The number of aromatic amines is 1. The molecule has 0 saturated carbocycles. The summed E-state index contributed by atoms with van der Waals surface area (Å²) in [7, 11) is 0. The maximum atomic E-state index is 12.1. The lowest BCUT2D eigenvalue weighted by Crippen LogP contribution is -2.16. The van der Waals surface area contributed by atoms with Gasteiger partial charge in [0.2, 0.25) is 5.91 Å². The minimum Gasteiger partial charge on any atom is -0.325 e. The summed E-state index contributed by atoms with van der Waals surface area (Å²) in [5.74, 6) is 0.0890. The number of benzene rings is 1. The van der Waals surface area contributed by atoms with Crippen LogP contribution in [0.4, 0.5) is 5.69 Å². The Morgan fingerprint density at radius 2 is 2.08 bits per heavy atom. The third kappa shape index (κ3) is 4.54. The molecular formula is C16H17N7O2S. The SMILES string of the molecule is CC(C)c1cc(=O)[nH]c(SCC(=O)Nc2ccc(-n3cnnn3)cc2)n1. The summed E-state index contributed by atoms with van der Waals surface area (Å²) >= 11 is 1.19. The van der Waals surface area contributed by atoms with Crippen LogP contribution in [0.3, 0.4) is 0 Å². The van der Waals surface area contributed by atoms with Crippen molar-refractivity contribution < 1.29 is 4.79 Å². The molecule has 0 atom stereocenters. The first-order valence-electron chi connectivity index (χ1n) is 7.88. The first-order chi connectivity index (χ1) is 12.5. The van der Waals surface area contributed by atoms with Crippen molar-refractivity contribution >= 4 is 23.4 Å². The highest BCUT2D eigenvalue weighted by molar-refractivity contribution is 7.99. The average molecular weight is 371 g/mol. The van der Waals surface area contributed by atoms with Crippen molar-refractivity contribution in [3.05, 3.63) is 52.7 Å². The summed E-state index contributed by atoms with van der Waals surface area (Å²) in [6.45, 7) is 3.92. The number of anilines is 1. The van der Waals surface area contributed by atoms with E-state index in [4.69, 9.17) is 0 Å². The van der Waals surface area contributed by atoms with Crippen molar-refractivity contribution in [2.45, 2.75) is 24.9 Å². The topological polar surface area (TPSA) is 118 Å². The minimum atomic E-state index is -0.218. The largest absolute Gasteiger partial charge is 0.325 e. The highest BCUT2D eigenvalue weighted by Crippen LogP contribution is 2.17. The Bertz CT molecular complexity index is 936. The Morgan fingerprint density at radius 3 is 2.73 bits per heavy atom. The number of carbonyl (C=O) groups excluding carboxylic acids is 1. The molecule has 2 aromatic heterocycles. The molecule has 0 saturated heterocycles. The molecule has 10 heteroatoms. The van der Waals surface area contributed by atoms with Gasteiger partial charge in [0, 0.05) is 11.8 Å². The fourth-order valence-electron chi connectivity index (χ4n) is 2.13. The summed E-state index contributed by atoms with van der Waals surface area (Å²) in [6, 6.07) is 8.59. The van der Waals surface area contributed by atoms with Gasteiger partial charge in [0.1, 0.15) is 6.33 Å². The molecule has 0 aliphatic heterocycles. The normalized spacial score (nSPS) is 10.9. The van der Waals surface area contributed by atoms with Gasteiger partial charge in [0.15, 0.2) is 5.16 Å². The van der Waals surface area contributed by atoms with Crippen LogP contribution in [0.2, 0.25) is 0 Å². The molecule has 26 heavy (non-hydrogen) atoms. The zero-order valence-electron chi connectivity index (χ0n) is 14.2. The molecule has 2 heterocycles. The quantitative estimate of drug-likeness (QED) is 0.499. The molecule has 9 nitrogen and oxygen atoms in total. The van der Waals surface area contributed by atoms with Crippen LogP contribution in [-0.2, 0) is 4.79 Å². The van der Waals surface area contributed by atoms with Crippen LogP contribution in [-0.4, -0.2) is 41.8 Å². The molecule has 0 spiro atoms. The standard InChI is InChI=1S/C16H17N7O2S/c1-10(2)13-7-14(24)20-16(19-13)26-8-15(25)18-11-3-5-12(6-4-11)23-9-17-21-22-23/h3-7,9-10H,8H2,1-2H3,(H,18,25)(H,19,20,24). The van der Waals surface area contributed by atoms with E-state index in [2.05, 4.69) is 30.8 Å². The van der Waals surface area contributed by atoms with Crippen molar-refractivity contribution in [1.29, 1.82) is 0 Å². The van der Waals surface area contributed by atoms with Crippen molar-refractivity contribution in [3.63, 3.8) is 0 Å². The van der Waals surface area contributed by atoms with Crippen LogP contribution in [0, 0.1) is 0 Å². The number of rotatable bonds is 6. The fraction of sp³-hybridized carbons (Fsp3) is 0.250. The highest BCUT2D eigenvalue weighted by Gasteiger charge is 2.09. The molecular weight excluding hydrogens is 354 g/mol. The second kappa shape index (κ2) is 7.91. The van der Waals surface area contributed by atoms with Gasteiger partial charge in [-0.1, -0.05) is 25.6 Å². The first-order valence-corrected chi connectivity index (χ1v) is 8.87. The maximum absolute atomic E-state index is 12.1. The Kier molecular flexibility index (Phi) is 5.42. The van der Waals surface area contributed by atoms with E-state index >= 15 is 0 Å². The van der Waals surface area contributed by atoms with Gasteiger partial charge in [-0.3, -0.25) is 9.59 Å². The van der Waals surface area contributed by atoms with E-state index in [-0.39, 0.29) is 23.1 Å². The predicted octanol–water partition coefficient (Wildman–Crippen LogP) is 1.60. The number of nitrogens with zero attached hydrogens (tertiary/aromatic N) is 5. The van der Waals surface area contributed by atoms with E-state index < -0.39 is 0 Å². The van der Waals surface area contributed by atoms with Gasteiger partial charge in [-0.2, -0.15) is 0 Å². The summed E-state index contributed by atoms with van der Waals surface area (Å²) in [5, 5.41) is 14.2. The summed E-state index contributed by atoms with van der Waals surface area (Å²) in [5.41, 5.74) is 1.93. The number of hydrogen-bond donors (Lipinski definition) is 2. The van der Waals surface area contributed by atoms with Crippen LogP contribution >= 0.6 is 11.8 Å². The van der Waals surface area contributed by atoms with Gasteiger partial charge in [-0.05, 0) is 40.6 Å². The van der Waals surface area contributed by atoms with E-state index in [1.165, 1.54) is 28.8 Å². The molecule has 0 unspecified atom stereocenters. The lowest BCUT2D eigenvalue weighted by molar-refractivity contribution is -0.113. The van der Waals surface area contributed by atoms with E-state index in [1.54, 1.807) is 24.3 Å². The monoisotopic (exact) mass is 371 g/mol. The molecule has 3 rings (SSSR count). The van der Waals surface area contributed by atoms with Gasteiger partial charge in [0.05, 0.1) is 17.1 Å². The van der Waals surface area contributed by atoms with Gasteiger partial charge in [-0.15, -0.1) is 5.10 Å². The molecule has 0 fully saturated rings. The fourth-order valence-corrected chi connectivity index (χ4v) is 2.81. The van der Waals surface area contributed by atoms with Crippen molar-refractivity contribution in [2.24, 2.45) is 0 Å². The lowest BCUT2D eigenvalue weighted by Gasteiger charge is -2.08. The van der Waals surface area contributed by atoms with Gasteiger partial charge in [0.25, 0.3) is 5.56 Å². The molecule has 1 aromatic carbocycles. The second-order valence-electron chi connectivity index (χ2n) is 5.77. The second-order valence-corrected chi connectivity index (χ2v) is 6.73. The smallest absolute Gasteiger partial charge is 0.251 e. The number of thioether (sulfide) groups is 1. The van der Waals surface area contributed by atoms with Crippen LogP contribution in [0.5, 0.6) is 0 Å². The highest BCUT2D eigenvalue weighted by atomic mass is 32.2. The number of hydrogen-bond acceptors (Lipinski definition) is 7.